The molecule has 1 amide bonds. The third kappa shape index (κ3) is 7.06. The Kier molecular flexibility index (Phi) is 11.0. The Morgan fingerprint density at radius 1 is 1.07 bits per heavy atom. The minimum absolute atomic E-state index is 0.0752. The number of halogens is 1. The third-order valence-corrected chi connectivity index (χ3v) is 9.76. The van der Waals surface area contributed by atoms with Gasteiger partial charge in [0, 0.05) is 42.1 Å². The Labute approximate surface area is 249 Å². The molecule has 2 bridgehead atoms. The number of allylic oxidation sites excluding steroid dienone is 2. The van der Waals surface area contributed by atoms with Crippen LogP contribution in [0.4, 0.5) is 5.69 Å². The number of fused-ring (bicyclic) bond motifs is 2. The molecule has 0 saturated heterocycles. The van der Waals surface area contributed by atoms with Crippen molar-refractivity contribution >= 4 is 40.9 Å². The van der Waals surface area contributed by atoms with Gasteiger partial charge in [-0.15, -0.1) is 11.6 Å². The predicted molar refractivity (Wildman–Crippen MR) is 168 cm³/mol. The summed E-state index contributed by atoms with van der Waals surface area (Å²) in [5.41, 5.74) is 4.32. The van der Waals surface area contributed by atoms with Gasteiger partial charge in [-0.3, -0.25) is 14.3 Å². The van der Waals surface area contributed by atoms with Crippen molar-refractivity contribution in [3.8, 4) is 5.75 Å². The molecule has 7 heteroatoms. The topological polar surface area (TPSA) is 58.6 Å². The van der Waals surface area contributed by atoms with Crippen LogP contribution in [0.25, 0.3) is 0 Å². The molecule has 1 N–H and O–H groups in total. The minimum Gasteiger partial charge on any atom is -0.491 e. The first kappa shape index (κ1) is 30.5. The maximum atomic E-state index is 13.2. The normalized spacial score (nSPS) is 27.5. The first-order chi connectivity index (χ1) is 19.4. The summed E-state index contributed by atoms with van der Waals surface area (Å²) in [7, 11) is 0. The lowest BCUT2D eigenvalue weighted by Gasteiger charge is -2.40. The van der Waals surface area contributed by atoms with Gasteiger partial charge in [0.15, 0.2) is 5.78 Å². The van der Waals surface area contributed by atoms with Crippen LogP contribution in [-0.4, -0.2) is 43.0 Å². The number of anilines is 1. The molecule has 1 aliphatic carbocycles. The predicted octanol–water partition coefficient (Wildman–Crippen LogP) is 7.43. The number of ketones is 1. The maximum absolute atomic E-state index is 13.2. The van der Waals surface area contributed by atoms with Crippen LogP contribution in [0.5, 0.6) is 5.75 Å². The number of amides is 1. The van der Waals surface area contributed by atoms with Crippen molar-refractivity contribution in [2.75, 3.05) is 31.0 Å². The van der Waals surface area contributed by atoms with Crippen molar-refractivity contribution in [1.82, 2.24) is 4.72 Å². The molecule has 5 nitrogen and oxygen atoms in total. The first-order valence-corrected chi connectivity index (χ1v) is 16.2. The Morgan fingerprint density at radius 2 is 1.88 bits per heavy atom. The van der Waals surface area contributed by atoms with E-state index in [1.165, 1.54) is 29.5 Å². The number of carbonyl (C=O) groups excluding carboxylic acids is 2. The molecule has 1 saturated carbocycles. The summed E-state index contributed by atoms with van der Waals surface area (Å²) in [5.74, 6) is 1.94. The van der Waals surface area contributed by atoms with Crippen LogP contribution in [-0.2, 0) is 11.2 Å². The Morgan fingerprint density at radius 3 is 2.62 bits per heavy atom. The lowest BCUT2D eigenvalue weighted by molar-refractivity contribution is -0.122. The van der Waals surface area contributed by atoms with Crippen molar-refractivity contribution < 1.29 is 14.3 Å². The smallest absolute Gasteiger partial charge is 0.261 e. The molecule has 5 unspecified atom stereocenters. The Balaban J connectivity index is 0.00000181. The number of benzene rings is 2. The second kappa shape index (κ2) is 14.5. The molecule has 2 aliphatic heterocycles. The van der Waals surface area contributed by atoms with Gasteiger partial charge < -0.3 is 9.64 Å². The largest absolute Gasteiger partial charge is 0.491 e. The van der Waals surface area contributed by atoms with Crippen LogP contribution in [0.2, 0.25) is 0 Å². The molecule has 40 heavy (non-hydrogen) atoms. The van der Waals surface area contributed by atoms with Gasteiger partial charge in [-0.1, -0.05) is 57.5 Å². The number of ether oxygens (including phenoxy) is 1. The molecule has 5 atom stereocenters. The zero-order chi connectivity index (χ0) is 28.6. The number of nitrogens with one attached hydrogen (secondary N) is 1. The summed E-state index contributed by atoms with van der Waals surface area (Å²) >= 11 is 6.10. The van der Waals surface area contributed by atoms with Gasteiger partial charge in [0.1, 0.15) is 5.75 Å². The zero-order valence-corrected chi connectivity index (χ0v) is 25.8. The lowest BCUT2D eigenvalue weighted by Crippen LogP contribution is -2.42. The number of alkyl halides is 1. The van der Waals surface area contributed by atoms with Crippen LogP contribution in [0, 0.1) is 17.8 Å². The lowest BCUT2D eigenvalue weighted by atomic mass is 9.70. The van der Waals surface area contributed by atoms with E-state index in [4.69, 9.17) is 4.74 Å². The highest BCUT2D eigenvalue weighted by Gasteiger charge is 2.38. The second-order valence-corrected chi connectivity index (χ2v) is 12.4. The van der Waals surface area contributed by atoms with Crippen molar-refractivity contribution in [2.45, 2.75) is 64.0 Å². The second-order valence-electron chi connectivity index (χ2n) is 11.3. The Hall–Kier alpha value is -2.44. The van der Waals surface area contributed by atoms with Gasteiger partial charge in [-0.2, -0.15) is 0 Å². The fourth-order valence-electron chi connectivity index (χ4n) is 5.91. The highest BCUT2D eigenvalue weighted by Crippen LogP contribution is 2.41. The molecular formula is C33H43ClN2O3S. The number of carbonyl (C=O) groups is 2. The average Bonchev–Trinajstić information content (AvgIpc) is 3.14. The molecule has 2 aromatic rings. The van der Waals surface area contributed by atoms with E-state index in [0.29, 0.717) is 24.0 Å². The fourth-order valence-corrected chi connectivity index (χ4v) is 6.66. The highest BCUT2D eigenvalue weighted by molar-refractivity contribution is 7.98. The monoisotopic (exact) mass is 582 g/mol. The fraction of sp³-hybridized carbons (Fsp3) is 0.515. The molecule has 216 valence electrons. The van der Waals surface area contributed by atoms with Crippen molar-refractivity contribution in [1.29, 1.82) is 0 Å². The van der Waals surface area contributed by atoms with E-state index in [9.17, 15) is 9.59 Å². The van der Waals surface area contributed by atoms with Gasteiger partial charge in [0.25, 0.3) is 5.91 Å². The summed E-state index contributed by atoms with van der Waals surface area (Å²) < 4.78 is 9.48. The van der Waals surface area contributed by atoms with Gasteiger partial charge in [0.05, 0.1) is 12.3 Å². The van der Waals surface area contributed by atoms with Crippen LogP contribution in [0.1, 0.15) is 73.9 Å². The minimum atomic E-state index is -0.0785. The number of hydrogen-bond donors (Lipinski definition) is 1. The molecule has 2 aromatic carbocycles. The van der Waals surface area contributed by atoms with Gasteiger partial charge >= 0.3 is 0 Å². The van der Waals surface area contributed by atoms with Crippen LogP contribution in [0.3, 0.4) is 0 Å². The molecule has 0 aromatic heterocycles. The van der Waals surface area contributed by atoms with Crippen molar-refractivity contribution in [2.24, 2.45) is 17.8 Å². The van der Waals surface area contributed by atoms with E-state index in [1.54, 1.807) is 0 Å². The maximum Gasteiger partial charge on any atom is 0.261 e. The zero-order valence-electron chi connectivity index (χ0n) is 24.2. The van der Waals surface area contributed by atoms with Crippen molar-refractivity contribution in [3.63, 3.8) is 0 Å². The third-order valence-electron chi connectivity index (χ3n) is 8.62. The van der Waals surface area contributed by atoms with E-state index in [2.05, 4.69) is 66.3 Å². The van der Waals surface area contributed by atoms with E-state index in [1.807, 2.05) is 30.4 Å². The van der Waals surface area contributed by atoms with Crippen LogP contribution >= 0.6 is 23.5 Å². The standard InChI is InChI=1S/C32H40N2O3S.CH3Cl/c1-4-8-23-10-5-6-11-27(23)26-19-34-18-25-13-15-28(25)30(35)12-7-9-21(2)22(3)38-33-32(36)24-14-16-31(37-20-26)29(34)17-24;1-2/h5-7,10-12,14,16-17,21-22,25-26,28H,4,8-9,13,15,18-20H2,1-3H3,(H,33,36);1H3/b12-7+;. The number of rotatable bonds is 3. The van der Waals surface area contributed by atoms with Crippen LogP contribution in [0.15, 0.2) is 54.6 Å². The molecular weight excluding hydrogens is 540 g/mol. The molecule has 5 rings (SSSR count). The number of hydrogen-bond acceptors (Lipinski definition) is 5. The van der Waals surface area contributed by atoms with Gasteiger partial charge in [-0.05, 0) is 84.9 Å². The van der Waals surface area contributed by atoms with E-state index < -0.39 is 0 Å². The SMILES string of the molecule is CCCc1ccccc1C1COc2ccc3cc2N(C1)CC1CCC1C(=O)/C=C/CC(C)C(C)SNC3=O.CCl. The average molecular weight is 583 g/mol. The molecule has 2 heterocycles. The van der Waals surface area contributed by atoms with Gasteiger partial charge in [0.2, 0.25) is 0 Å². The quantitative estimate of drug-likeness (QED) is 0.301. The molecule has 3 aliphatic rings. The summed E-state index contributed by atoms with van der Waals surface area (Å²) in [5, 5.41) is 0.229. The van der Waals surface area contributed by atoms with E-state index in [-0.39, 0.29) is 28.8 Å². The molecule has 1 fully saturated rings. The van der Waals surface area contributed by atoms with E-state index in [0.717, 1.165) is 56.6 Å². The summed E-state index contributed by atoms with van der Waals surface area (Å²) in [6.45, 7) is 8.70. The van der Waals surface area contributed by atoms with E-state index >= 15 is 0 Å². The number of nitrogens with zero attached hydrogens (tertiary/aromatic N) is 1. The number of aryl methyl sites for hydroxylation is 1. The highest BCUT2D eigenvalue weighted by atomic mass is 35.5. The van der Waals surface area contributed by atoms with Gasteiger partial charge in [-0.25, -0.2) is 0 Å². The summed E-state index contributed by atoms with van der Waals surface area (Å²) in [6, 6.07) is 14.5. The molecule has 0 spiro atoms. The Bertz CT molecular complexity index is 1200. The van der Waals surface area contributed by atoms with Crippen molar-refractivity contribution in [3.05, 3.63) is 71.3 Å². The first-order valence-electron chi connectivity index (χ1n) is 14.6. The van der Waals surface area contributed by atoms with Crippen LogP contribution < -0.4 is 14.4 Å². The molecule has 0 radical (unpaired) electrons. The summed E-state index contributed by atoms with van der Waals surface area (Å²) in [4.78, 5) is 28.7. The summed E-state index contributed by atoms with van der Waals surface area (Å²) in [6.07, 6.45) is 10.3.